The van der Waals surface area contributed by atoms with Crippen LogP contribution in [0.4, 0.5) is 0 Å². The molecule has 0 aliphatic rings. The topological polar surface area (TPSA) is 85.1 Å². The van der Waals surface area contributed by atoms with Crippen molar-refractivity contribution < 1.29 is 4.79 Å². The standard InChI is InChI=1S/C22H22N6O/c1-15-18(16(2)28-22(26-15)24-14-25-28)11-12-20(29)27-21(17-8-4-3-5-9-17)19-10-6-7-13-23-19/h3-10,13-14,21H,11-12H2,1-2H3,(H,27,29)/t21-/m1/s1. The molecule has 3 aromatic heterocycles. The molecule has 3 heterocycles. The molecule has 7 heteroatoms. The summed E-state index contributed by atoms with van der Waals surface area (Å²) in [6.07, 6.45) is 4.15. The number of nitrogens with zero attached hydrogens (tertiary/aromatic N) is 5. The molecule has 0 aliphatic heterocycles. The van der Waals surface area contributed by atoms with Crippen molar-refractivity contribution in [2.24, 2.45) is 0 Å². The highest BCUT2D eigenvalue weighted by Gasteiger charge is 2.19. The van der Waals surface area contributed by atoms with E-state index in [9.17, 15) is 4.79 Å². The maximum absolute atomic E-state index is 12.8. The molecule has 146 valence electrons. The van der Waals surface area contributed by atoms with Crippen molar-refractivity contribution >= 4 is 11.7 Å². The molecule has 0 fully saturated rings. The lowest BCUT2D eigenvalue weighted by Crippen LogP contribution is -2.30. The second-order valence-corrected chi connectivity index (χ2v) is 6.90. The molecule has 4 rings (SSSR count). The maximum Gasteiger partial charge on any atom is 0.252 e. The van der Waals surface area contributed by atoms with Gasteiger partial charge in [0.2, 0.25) is 5.91 Å². The summed E-state index contributed by atoms with van der Waals surface area (Å²) in [6.45, 7) is 3.92. The highest BCUT2D eigenvalue weighted by atomic mass is 16.1. The Hall–Kier alpha value is -3.61. The van der Waals surface area contributed by atoms with E-state index < -0.39 is 0 Å². The number of amides is 1. The van der Waals surface area contributed by atoms with Crippen molar-refractivity contribution in [3.05, 3.63) is 89.3 Å². The Labute approximate surface area is 168 Å². The minimum Gasteiger partial charge on any atom is -0.344 e. The molecule has 1 atom stereocenters. The lowest BCUT2D eigenvalue weighted by molar-refractivity contribution is -0.121. The van der Waals surface area contributed by atoms with Gasteiger partial charge in [-0.25, -0.2) is 9.50 Å². The van der Waals surface area contributed by atoms with Gasteiger partial charge in [0.15, 0.2) is 0 Å². The quantitative estimate of drug-likeness (QED) is 0.551. The number of carbonyl (C=O) groups excluding carboxylic acids is 1. The van der Waals surface area contributed by atoms with E-state index in [1.807, 2.05) is 62.4 Å². The minimum absolute atomic E-state index is 0.0398. The number of benzene rings is 1. The molecule has 1 amide bonds. The van der Waals surface area contributed by atoms with Gasteiger partial charge in [-0.15, -0.1) is 0 Å². The van der Waals surface area contributed by atoms with Crippen LogP contribution in [0.5, 0.6) is 0 Å². The van der Waals surface area contributed by atoms with Gasteiger partial charge in [0.25, 0.3) is 5.78 Å². The van der Waals surface area contributed by atoms with E-state index in [-0.39, 0.29) is 11.9 Å². The molecule has 0 unspecified atom stereocenters. The molecule has 0 saturated carbocycles. The van der Waals surface area contributed by atoms with E-state index in [1.54, 1.807) is 10.7 Å². The Morgan fingerprint density at radius 2 is 1.86 bits per heavy atom. The van der Waals surface area contributed by atoms with Crippen molar-refractivity contribution in [3.8, 4) is 0 Å². The Balaban J connectivity index is 1.52. The normalized spacial score (nSPS) is 12.1. The van der Waals surface area contributed by atoms with Crippen LogP contribution in [0.2, 0.25) is 0 Å². The third-order valence-corrected chi connectivity index (χ3v) is 5.01. The van der Waals surface area contributed by atoms with Gasteiger partial charge in [-0.05, 0) is 43.5 Å². The van der Waals surface area contributed by atoms with Gasteiger partial charge in [0.05, 0.1) is 11.7 Å². The lowest BCUT2D eigenvalue weighted by atomic mass is 10.0. The Kier molecular flexibility index (Phi) is 5.29. The number of hydrogen-bond donors (Lipinski definition) is 1. The number of hydrogen-bond acceptors (Lipinski definition) is 5. The Bertz CT molecular complexity index is 1080. The monoisotopic (exact) mass is 386 g/mol. The third kappa shape index (κ3) is 3.99. The molecule has 0 radical (unpaired) electrons. The van der Waals surface area contributed by atoms with Gasteiger partial charge >= 0.3 is 0 Å². The van der Waals surface area contributed by atoms with Crippen molar-refractivity contribution in [2.45, 2.75) is 32.7 Å². The predicted octanol–water partition coefficient (Wildman–Crippen LogP) is 2.97. The summed E-state index contributed by atoms with van der Waals surface area (Å²) in [7, 11) is 0. The van der Waals surface area contributed by atoms with Crippen LogP contribution in [0.1, 0.15) is 40.7 Å². The zero-order chi connectivity index (χ0) is 20.2. The van der Waals surface area contributed by atoms with Gasteiger partial charge in [-0.2, -0.15) is 10.1 Å². The zero-order valence-corrected chi connectivity index (χ0v) is 16.4. The summed E-state index contributed by atoms with van der Waals surface area (Å²) in [5, 5.41) is 7.34. The number of rotatable bonds is 6. The lowest BCUT2D eigenvalue weighted by Gasteiger charge is -2.19. The molecular weight excluding hydrogens is 364 g/mol. The molecule has 1 N–H and O–H groups in total. The number of aryl methyl sites for hydroxylation is 2. The van der Waals surface area contributed by atoms with E-state index in [0.29, 0.717) is 18.6 Å². The molecule has 0 spiro atoms. The Morgan fingerprint density at radius 3 is 2.62 bits per heavy atom. The molecule has 0 bridgehead atoms. The van der Waals surface area contributed by atoms with Crippen LogP contribution < -0.4 is 5.32 Å². The van der Waals surface area contributed by atoms with Crippen LogP contribution in [0.25, 0.3) is 5.78 Å². The average Bonchev–Trinajstić information content (AvgIpc) is 3.22. The van der Waals surface area contributed by atoms with E-state index >= 15 is 0 Å². The SMILES string of the molecule is Cc1nc2ncnn2c(C)c1CCC(=O)N[C@H](c1ccccc1)c1ccccn1. The van der Waals surface area contributed by atoms with E-state index in [0.717, 1.165) is 28.2 Å². The summed E-state index contributed by atoms with van der Waals surface area (Å²) in [5.41, 5.74) is 4.66. The van der Waals surface area contributed by atoms with Crippen molar-refractivity contribution in [3.63, 3.8) is 0 Å². The largest absolute Gasteiger partial charge is 0.344 e. The first-order valence-electron chi connectivity index (χ1n) is 9.54. The molecule has 7 nitrogen and oxygen atoms in total. The summed E-state index contributed by atoms with van der Waals surface area (Å²) in [6, 6.07) is 15.3. The third-order valence-electron chi connectivity index (χ3n) is 5.01. The van der Waals surface area contributed by atoms with Crippen molar-refractivity contribution in [1.29, 1.82) is 0 Å². The first kappa shape index (κ1) is 18.7. The van der Waals surface area contributed by atoms with Crippen LogP contribution in [0.3, 0.4) is 0 Å². The highest BCUT2D eigenvalue weighted by Crippen LogP contribution is 2.21. The summed E-state index contributed by atoms with van der Waals surface area (Å²) in [4.78, 5) is 25.9. The molecule has 0 aliphatic carbocycles. The minimum atomic E-state index is -0.289. The van der Waals surface area contributed by atoms with Gasteiger partial charge < -0.3 is 5.32 Å². The van der Waals surface area contributed by atoms with Crippen LogP contribution >= 0.6 is 0 Å². The smallest absolute Gasteiger partial charge is 0.252 e. The number of pyridine rings is 1. The summed E-state index contributed by atoms with van der Waals surface area (Å²) in [5.74, 6) is 0.537. The fourth-order valence-corrected chi connectivity index (χ4v) is 3.51. The zero-order valence-electron chi connectivity index (χ0n) is 16.4. The van der Waals surface area contributed by atoms with Crippen molar-refractivity contribution in [1.82, 2.24) is 29.9 Å². The number of aromatic nitrogens is 5. The number of carbonyl (C=O) groups is 1. The van der Waals surface area contributed by atoms with Crippen LogP contribution in [0, 0.1) is 13.8 Å². The maximum atomic E-state index is 12.8. The van der Waals surface area contributed by atoms with Crippen LogP contribution in [-0.4, -0.2) is 30.5 Å². The molecular formula is C22H22N6O. The van der Waals surface area contributed by atoms with E-state index in [4.69, 9.17) is 0 Å². The summed E-state index contributed by atoms with van der Waals surface area (Å²) < 4.78 is 1.71. The van der Waals surface area contributed by atoms with E-state index in [1.165, 1.54) is 6.33 Å². The van der Waals surface area contributed by atoms with Gasteiger partial charge in [0.1, 0.15) is 6.33 Å². The fourth-order valence-electron chi connectivity index (χ4n) is 3.51. The first-order valence-corrected chi connectivity index (χ1v) is 9.54. The molecule has 4 aromatic rings. The van der Waals surface area contributed by atoms with Crippen LogP contribution in [0.15, 0.2) is 61.1 Å². The molecule has 0 saturated heterocycles. The first-order chi connectivity index (χ1) is 14.1. The number of fused-ring (bicyclic) bond motifs is 1. The number of nitrogens with one attached hydrogen (secondary N) is 1. The molecule has 1 aromatic carbocycles. The average molecular weight is 386 g/mol. The second-order valence-electron chi connectivity index (χ2n) is 6.90. The van der Waals surface area contributed by atoms with Gasteiger partial charge in [0, 0.05) is 24.0 Å². The molecule has 29 heavy (non-hydrogen) atoms. The van der Waals surface area contributed by atoms with E-state index in [2.05, 4.69) is 25.4 Å². The Morgan fingerprint density at radius 1 is 1.07 bits per heavy atom. The van der Waals surface area contributed by atoms with Crippen molar-refractivity contribution in [2.75, 3.05) is 0 Å². The second kappa shape index (κ2) is 8.18. The van der Waals surface area contributed by atoms with Gasteiger partial charge in [-0.1, -0.05) is 36.4 Å². The predicted molar refractivity (Wildman–Crippen MR) is 109 cm³/mol. The van der Waals surface area contributed by atoms with Gasteiger partial charge in [-0.3, -0.25) is 9.78 Å². The van der Waals surface area contributed by atoms with Crippen LogP contribution in [-0.2, 0) is 11.2 Å². The highest BCUT2D eigenvalue weighted by molar-refractivity contribution is 5.77. The fraction of sp³-hybridized carbons (Fsp3) is 0.227. The summed E-state index contributed by atoms with van der Waals surface area (Å²) >= 11 is 0.